The van der Waals surface area contributed by atoms with Crippen LogP contribution in [0.5, 0.6) is 11.5 Å². The van der Waals surface area contributed by atoms with Crippen LogP contribution < -0.4 is 20.7 Å². The molecular weight excluding hydrogens is 580 g/mol. The molecule has 4 aromatic rings. The van der Waals surface area contributed by atoms with Crippen LogP contribution in [0.1, 0.15) is 18.4 Å². The summed E-state index contributed by atoms with van der Waals surface area (Å²) in [4.78, 5) is 26.4. The van der Waals surface area contributed by atoms with Crippen molar-refractivity contribution in [1.82, 2.24) is 5.32 Å². The van der Waals surface area contributed by atoms with Crippen molar-refractivity contribution >= 4 is 46.6 Å². The fourth-order valence-corrected chi connectivity index (χ4v) is 5.62. The molecule has 0 saturated carbocycles. The predicted molar refractivity (Wildman–Crippen MR) is 172 cm³/mol. The summed E-state index contributed by atoms with van der Waals surface area (Å²) in [5.41, 5.74) is 3.37. The number of carbonyl (C=O) groups is 2. The van der Waals surface area contributed by atoms with Crippen LogP contribution in [0.3, 0.4) is 0 Å². The van der Waals surface area contributed by atoms with E-state index in [2.05, 4.69) is 22.0 Å². The van der Waals surface area contributed by atoms with Gasteiger partial charge in [0.05, 0.1) is 28.3 Å². The van der Waals surface area contributed by atoms with Crippen LogP contribution in [0.25, 0.3) is 0 Å². The van der Waals surface area contributed by atoms with E-state index in [0.29, 0.717) is 44.0 Å². The molecule has 1 atom stereocenters. The van der Waals surface area contributed by atoms with Gasteiger partial charge in [-0.1, -0.05) is 71.9 Å². The summed E-state index contributed by atoms with van der Waals surface area (Å²) in [6.45, 7) is 1.79. The number of ether oxygens (including phenoxy) is 1. The van der Waals surface area contributed by atoms with E-state index in [1.807, 2.05) is 60.7 Å². The first-order valence-corrected chi connectivity index (χ1v) is 14.8. The van der Waals surface area contributed by atoms with Crippen LogP contribution in [-0.4, -0.2) is 17.6 Å². The zero-order chi connectivity index (χ0) is 30.2. The number of anilines is 2. The highest BCUT2D eigenvalue weighted by Gasteiger charge is 2.34. The minimum absolute atomic E-state index is 0.0525. The van der Waals surface area contributed by atoms with Gasteiger partial charge in [0.1, 0.15) is 11.5 Å². The van der Waals surface area contributed by atoms with Crippen molar-refractivity contribution in [3.63, 3.8) is 0 Å². The number of rotatable bonds is 9. The Bertz CT molecular complexity index is 1720. The summed E-state index contributed by atoms with van der Waals surface area (Å²) in [5.74, 6) is 0.229. The Labute approximate surface area is 259 Å². The van der Waals surface area contributed by atoms with Crippen molar-refractivity contribution in [2.24, 2.45) is 0 Å². The number of nitriles is 1. The number of thioether (sulfide) groups is 1. The fourth-order valence-electron chi connectivity index (χ4n) is 4.60. The van der Waals surface area contributed by atoms with Gasteiger partial charge in [0.25, 0.3) is 5.91 Å². The Morgan fingerprint density at radius 3 is 2.09 bits per heavy atom. The highest BCUT2D eigenvalue weighted by molar-refractivity contribution is 8.03. The average Bonchev–Trinajstić information content (AvgIpc) is 3.02. The summed E-state index contributed by atoms with van der Waals surface area (Å²) in [6, 6.07) is 35.0. The lowest BCUT2D eigenvalue weighted by Crippen LogP contribution is -2.31. The lowest BCUT2D eigenvalue weighted by atomic mass is 9.82. The van der Waals surface area contributed by atoms with Gasteiger partial charge in [-0.05, 0) is 73.2 Å². The number of dihydropyridines is 1. The Morgan fingerprint density at radius 1 is 0.860 bits per heavy atom. The highest BCUT2D eigenvalue weighted by Crippen LogP contribution is 2.41. The number of para-hydroxylation sites is 1. The Balaban J connectivity index is 1.30. The third-order valence-corrected chi connectivity index (χ3v) is 7.86. The van der Waals surface area contributed by atoms with Crippen molar-refractivity contribution in [3.05, 3.63) is 142 Å². The van der Waals surface area contributed by atoms with E-state index < -0.39 is 5.92 Å². The molecule has 4 aromatic carbocycles. The van der Waals surface area contributed by atoms with Crippen LogP contribution in [-0.2, 0) is 9.59 Å². The third kappa shape index (κ3) is 7.46. The average molecular weight is 607 g/mol. The molecule has 0 aliphatic carbocycles. The van der Waals surface area contributed by atoms with Gasteiger partial charge in [-0.3, -0.25) is 9.59 Å². The SMILES string of the molecule is CC1=C(C(=O)Nc2ccc(Cl)cc2)[C@@H](c2ccccc2)C(C#N)=C(SCC(=O)Nc2ccc(Oc3ccccc3)cc2)N1. The normalized spacial score (nSPS) is 14.4. The summed E-state index contributed by atoms with van der Waals surface area (Å²) in [7, 11) is 0. The molecule has 1 aliphatic rings. The van der Waals surface area contributed by atoms with E-state index in [1.165, 1.54) is 11.8 Å². The zero-order valence-corrected chi connectivity index (χ0v) is 24.7. The molecule has 0 aromatic heterocycles. The number of benzene rings is 4. The van der Waals surface area contributed by atoms with Gasteiger partial charge in [0.15, 0.2) is 0 Å². The van der Waals surface area contributed by atoms with Gasteiger partial charge in [-0.15, -0.1) is 0 Å². The van der Waals surface area contributed by atoms with Crippen LogP contribution in [0.4, 0.5) is 11.4 Å². The quantitative estimate of drug-likeness (QED) is 0.179. The molecule has 7 nitrogen and oxygen atoms in total. The zero-order valence-electron chi connectivity index (χ0n) is 23.1. The predicted octanol–water partition coefficient (Wildman–Crippen LogP) is 7.84. The maximum Gasteiger partial charge on any atom is 0.254 e. The van der Waals surface area contributed by atoms with Crippen LogP contribution in [0.2, 0.25) is 5.02 Å². The van der Waals surface area contributed by atoms with Gasteiger partial charge >= 0.3 is 0 Å². The summed E-state index contributed by atoms with van der Waals surface area (Å²) < 4.78 is 5.81. The molecule has 0 fully saturated rings. The van der Waals surface area contributed by atoms with Crippen LogP contribution in [0.15, 0.2) is 131 Å². The van der Waals surface area contributed by atoms with Crippen LogP contribution >= 0.6 is 23.4 Å². The van der Waals surface area contributed by atoms with Gasteiger partial charge < -0.3 is 20.7 Å². The second-order valence-corrected chi connectivity index (χ2v) is 11.0. The van der Waals surface area contributed by atoms with E-state index >= 15 is 0 Å². The number of hydrogen-bond acceptors (Lipinski definition) is 6. The molecule has 1 aliphatic heterocycles. The van der Waals surface area contributed by atoms with Crippen LogP contribution in [0, 0.1) is 11.3 Å². The molecule has 3 N–H and O–H groups in total. The van der Waals surface area contributed by atoms with Crippen molar-refractivity contribution < 1.29 is 14.3 Å². The van der Waals surface area contributed by atoms with Crippen molar-refractivity contribution in [2.45, 2.75) is 12.8 Å². The van der Waals surface area contributed by atoms with Crippen molar-refractivity contribution in [2.75, 3.05) is 16.4 Å². The number of nitrogens with one attached hydrogen (secondary N) is 3. The van der Waals surface area contributed by atoms with Gasteiger partial charge in [-0.2, -0.15) is 5.26 Å². The number of amides is 2. The number of carbonyl (C=O) groups excluding carboxylic acids is 2. The molecule has 0 radical (unpaired) electrons. The van der Waals surface area contributed by atoms with Gasteiger partial charge in [-0.25, -0.2) is 0 Å². The van der Waals surface area contributed by atoms with Gasteiger partial charge in [0, 0.05) is 27.7 Å². The summed E-state index contributed by atoms with van der Waals surface area (Å²) in [6.07, 6.45) is 0. The van der Waals surface area contributed by atoms with E-state index in [9.17, 15) is 14.9 Å². The number of hydrogen-bond donors (Lipinski definition) is 3. The molecule has 43 heavy (non-hydrogen) atoms. The molecule has 0 spiro atoms. The Hall–Kier alpha value is -4.97. The fraction of sp³-hybridized carbons (Fsp3) is 0.0882. The minimum atomic E-state index is -0.623. The topological polar surface area (TPSA) is 103 Å². The number of halogens is 1. The highest BCUT2D eigenvalue weighted by atomic mass is 35.5. The first kappa shape index (κ1) is 29.5. The van der Waals surface area contributed by atoms with Crippen molar-refractivity contribution in [1.29, 1.82) is 5.26 Å². The summed E-state index contributed by atoms with van der Waals surface area (Å²) in [5, 5.41) is 20.4. The molecule has 0 bridgehead atoms. The smallest absolute Gasteiger partial charge is 0.254 e. The Kier molecular flexibility index (Phi) is 9.47. The maximum atomic E-state index is 13.6. The molecule has 214 valence electrons. The van der Waals surface area contributed by atoms with E-state index in [0.717, 1.165) is 11.3 Å². The number of nitrogens with zero attached hydrogens (tertiary/aromatic N) is 1. The summed E-state index contributed by atoms with van der Waals surface area (Å²) >= 11 is 7.21. The number of allylic oxidation sites excluding steroid dienone is 2. The lowest BCUT2D eigenvalue weighted by molar-refractivity contribution is -0.114. The second-order valence-electron chi connectivity index (χ2n) is 9.60. The maximum absolute atomic E-state index is 13.6. The molecule has 9 heteroatoms. The minimum Gasteiger partial charge on any atom is -0.457 e. The standard InChI is InChI=1S/C34H27ClN4O3S/c1-22-31(33(41)39-26-14-12-24(35)13-15-26)32(23-8-4-2-5-9-23)29(20-36)34(37-22)43-21-30(40)38-25-16-18-28(19-17-25)42-27-10-6-3-7-11-27/h2-19,32,37H,21H2,1H3,(H,38,40)(H,39,41)/t32-/m0/s1. The third-order valence-electron chi connectivity index (χ3n) is 6.59. The first-order valence-electron chi connectivity index (χ1n) is 13.4. The van der Waals surface area contributed by atoms with E-state index in [-0.39, 0.29) is 17.6 Å². The molecule has 1 heterocycles. The first-order chi connectivity index (χ1) is 20.9. The molecule has 0 unspecified atom stereocenters. The van der Waals surface area contributed by atoms with Gasteiger partial charge in [0.2, 0.25) is 5.91 Å². The largest absolute Gasteiger partial charge is 0.457 e. The molecular formula is C34H27ClN4O3S. The molecule has 2 amide bonds. The van der Waals surface area contributed by atoms with E-state index in [4.69, 9.17) is 16.3 Å². The van der Waals surface area contributed by atoms with Crippen molar-refractivity contribution in [3.8, 4) is 17.6 Å². The molecule has 5 rings (SSSR count). The lowest BCUT2D eigenvalue weighted by Gasteiger charge is -2.30. The molecule has 0 saturated heterocycles. The van der Waals surface area contributed by atoms with E-state index in [1.54, 1.807) is 55.5 Å². The monoisotopic (exact) mass is 606 g/mol. The Morgan fingerprint density at radius 2 is 1.44 bits per heavy atom. The second kappa shape index (κ2) is 13.8.